The average molecular weight is 190 g/mol. The fourth-order valence-electron chi connectivity index (χ4n) is 0.692. The van der Waals surface area contributed by atoms with Crippen molar-refractivity contribution in [1.82, 2.24) is 0 Å². The lowest BCUT2D eigenvalue weighted by Gasteiger charge is -1.96. The second-order valence-corrected chi connectivity index (χ2v) is 2.29. The topological polar surface area (TPSA) is 32.6 Å². The standard InChI is InChI=1S/C7H5ClFNO.CH4/c8-6-2-1-3-7(9)5(6)4-10-11;/h1-4,11H;1H4/b10-4-;. The van der Waals surface area contributed by atoms with E-state index in [1.54, 1.807) is 0 Å². The van der Waals surface area contributed by atoms with E-state index in [4.69, 9.17) is 16.8 Å². The second kappa shape index (κ2) is 4.72. The highest BCUT2D eigenvalue weighted by atomic mass is 35.5. The summed E-state index contributed by atoms with van der Waals surface area (Å²) < 4.78 is 12.8. The van der Waals surface area contributed by atoms with Crippen molar-refractivity contribution < 1.29 is 9.60 Å². The maximum Gasteiger partial charge on any atom is 0.133 e. The Labute approximate surface area is 75.3 Å². The molecule has 0 aliphatic carbocycles. The van der Waals surface area contributed by atoms with Gasteiger partial charge < -0.3 is 5.21 Å². The lowest BCUT2D eigenvalue weighted by Crippen LogP contribution is -1.88. The number of oxime groups is 1. The van der Waals surface area contributed by atoms with Crippen LogP contribution in [0.1, 0.15) is 13.0 Å². The summed E-state index contributed by atoms with van der Waals surface area (Å²) >= 11 is 5.57. The van der Waals surface area contributed by atoms with Crippen molar-refractivity contribution in [2.24, 2.45) is 5.16 Å². The van der Waals surface area contributed by atoms with Crippen LogP contribution in [0.4, 0.5) is 4.39 Å². The largest absolute Gasteiger partial charge is 0.411 e. The van der Waals surface area contributed by atoms with Crippen molar-refractivity contribution in [3.8, 4) is 0 Å². The van der Waals surface area contributed by atoms with Crippen LogP contribution in [0.5, 0.6) is 0 Å². The summed E-state index contributed by atoms with van der Waals surface area (Å²) in [5.41, 5.74) is 0.0941. The van der Waals surface area contributed by atoms with Gasteiger partial charge in [0.15, 0.2) is 0 Å². The molecule has 0 aliphatic heterocycles. The Morgan fingerprint density at radius 1 is 1.50 bits per heavy atom. The van der Waals surface area contributed by atoms with Crippen LogP contribution in [-0.2, 0) is 0 Å². The van der Waals surface area contributed by atoms with Crippen LogP contribution in [0.3, 0.4) is 0 Å². The highest BCUT2D eigenvalue weighted by Crippen LogP contribution is 2.16. The van der Waals surface area contributed by atoms with Crippen molar-refractivity contribution in [2.75, 3.05) is 0 Å². The van der Waals surface area contributed by atoms with Gasteiger partial charge in [-0.2, -0.15) is 0 Å². The van der Waals surface area contributed by atoms with Crippen molar-refractivity contribution >= 4 is 17.8 Å². The summed E-state index contributed by atoms with van der Waals surface area (Å²) in [5.74, 6) is -0.504. The van der Waals surface area contributed by atoms with E-state index in [1.165, 1.54) is 18.2 Å². The van der Waals surface area contributed by atoms with Crippen LogP contribution >= 0.6 is 11.6 Å². The molecule has 0 atom stereocenters. The number of halogens is 2. The van der Waals surface area contributed by atoms with E-state index in [1.807, 2.05) is 0 Å². The van der Waals surface area contributed by atoms with Gasteiger partial charge in [-0.25, -0.2) is 4.39 Å². The minimum Gasteiger partial charge on any atom is -0.411 e. The molecule has 12 heavy (non-hydrogen) atoms. The predicted molar refractivity (Wildman–Crippen MR) is 47.5 cm³/mol. The smallest absolute Gasteiger partial charge is 0.133 e. The minimum atomic E-state index is -0.504. The Hall–Kier alpha value is -1.09. The van der Waals surface area contributed by atoms with Crippen LogP contribution in [-0.4, -0.2) is 11.4 Å². The maximum atomic E-state index is 12.8. The second-order valence-electron chi connectivity index (χ2n) is 1.88. The molecule has 0 radical (unpaired) electrons. The van der Waals surface area contributed by atoms with Crippen molar-refractivity contribution in [2.45, 2.75) is 7.43 Å². The molecule has 0 heterocycles. The lowest BCUT2D eigenvalue weighted by molar-refractivity contribution is 0.321. The van der Waals surface area contributed by atoms with Gasteiger partial charge in [0.05, 0.1) is 16.8 Å². The van der Waals surface area contributed by atoms with E-state index < -0.39 is 5.82 Å². The van der Waals surface area contributed by atoms with E-state index in [0.717, 1.165) is 6.21 Å². The van der Waals surface area contributed by atoms with Crippen LogP contribution in [0.2, 0.25) is 5.02 Å². The quantitative estimate of drug-likeness (QED) is 0.411. The zero-order valence-corrected chi connectivity index (χ0v) is 6.22. The third kappa shape index (κ3) is 2.20. The zero-order chi connectivity index (χ0) is 8.27. The molecular formula is C8H9ClFNO. The Kier molecular flexibility index (Phi) is 4.29. The molecule has 0 spiro atoms. The minimum absolute atomic E-state index is 0. The first-order valence-corrected chi connectivity index (χ1v) is 3.25. The van der Waals surface area contributed by atoms with Gasteiger partial charge in [-0.1, -0.05) is 30.2 Å². The molecule has 1 aromatic carbocycles. The van der Waals surface area contributed by atoms with Crippen LogP contribution in [0.25, 0.3) is 0 Å². The Balaban J connectivity index is 0.00000121. The number of nitrogens with zero attached hydrogens (tertiary/aromatic N) is 1. The molecule has 0 saturated carbocycles. The van der Waals surface area contributed by atoms with Crippen LogP contribution in [0, 0.1) is 5.82 Å². The van der Waals surface area contributed by atoms with Gasteiger partial charge in [-0.3, -0.25) is 0 Å². The summed E-state index contributed by atoms with van der Waals surface area (Å²) in [6.07, 6.45) is 0.956. The van der Waals surface area contributed by atoms with Gasteiger partial charge in [0, 0.05) is 0 Å². The monoisotopic (exact) mass is 189 g/mol. The van der Waals surface area contributed by atoms with E-state index in [2.05, 4.69) is 5.16 Å². The van der Waals surface area contributed by atoms with Gasteiger partial charge in [-0.05, 0) is 12.1 Å². The molecule has 66 valence electrons. The molecule has 4 heteroatoms. The van der Waals surface area contributed by atoms with Gasteiger partial charge in [0.25, 0.3) is 0 Å². The number of rotatable bonds is 1. The van der Waals surface area contributed by atoms with Gasteiger partial charge in [0.2, 0.25) is 0 Å². The Morgan fingerprint density at radius 3 is 2.67 bits per heavy atom. The van der Waals surface area contributed by atoms with E-state index in [0.29, 0.717) is 0 Å². The zero-order valence-electron chi connectivity index (χ0n) is 5.46. The molecule has 0 aliphatic rings. The Bertz CT molecular complexity index is 268. The molecule has 2 nitrogen and oxygen atoms in total. The van der Waals surface area contributed by atoms with Gasteiger partial charge in [-0.15, -0.1) is 0 Å². The first kappa shape index (κ1) is 10.9. The molecule has 0 saturated heterocycles. The molecule has 0 aromatic heterocycles. The van der Waals surface area contributed by atoms with Crippen molar-refractivity contribution in [1.29, 1.82) is 0 Å². The third-order valence-corrected chi connectivity index (χ3v) is 1.52. The first-order valence-electron chi connectivity index (χ1n) is 2.87. The molecule has 0 unspecified atom stereocenters. The normalized spacial score (nSPS) is 9.83. The lowest BCUT2D eigenvalue weighted by atomic mass is 10.2. The number of hydrogen-bond donors (Lipinski definition) is 1. The molecule has 1 rings (SSSR count). The average Bonchev–Trinajstić information content (AvgIpc) is 1.97. The number of benzene rings is 1. The van der Waals surface area contributed by atoms with E-state index >= 15 is 0 Å². The maximum absolute atomic E-state index is 12.8. The Morgan fingerprint density at radius 2 is 2.17 bits per heavy atom. The van der Waals surface area contributed by atoms with Gasteiger partial charge in [0.1, 0.15) is 5.82 Å². The number of hydrogen-bond acceptors (Lipinski definition) is 2. The molecule has 1 N–H and O–H groups in total. The fraction of sp³-hybridized carbons (Fsp3) is 0.125. The van der Waals surface area contributed by atoms with Crippen LogP contribution in [0.15, 0.2) is 23.4 Å². The fourth-order valence-corrected chi connectivity index (χ4v) is 0.904. The molecule has 0 amide bonds. The first-order chi connectivity index (χ1) is 5.25. The van der Waals surface area contributed by atoms with Crippen molar-refractivity contribution in [3.63, 3.8) is 0 Å². The van der Waals surface area contributed by atoms with E-state index in [-0.39, 0.29) is 18.0 Å². The molecule has 0 fully saturated rings. The summed E-state index contributed by atoms with van der Waals surface area (Å²) in [6, 6.07) is 4.23. The summed E-state index contributed by atoms with van der Waals surface area (Å²) in [5, 5.41) is 11.0. The molecule has 1 aromatic rings. The summed E-state index contributed by atoms with van der Waals surface area (Å²) in [7, 11) is 0. The summed E-state index contributed by atoms with van der Waals surface area (Å²) in [4.78, 5) is 0. The predicted octanol–water partition coefficient (Wildman–Crippen LogP) is 2.92. The summed E-state index contributed by atoms with van der Waals surface area (Å²) in [6.45, 7) is 0. The van der Waals surface area contributed by atoms with Gasteiger partial charge >= 0.3 is 0 Å². The van der Waals surface area contributed by atoms with Crippen LogP contribution < -0.4 is 0 Å². The molecule has 0 bridgehead atoms. The third-order valence-electron chi connectivity index (χ3n) is 1.19. The highest BCUT2D eigenvalue weighted by molar-refractivity contribution is 6.33. The highest BCUT2D eigenvalue weighted by Gasteiger charge is 2.02. The van der Waals surface area contributed by atoms with E-state index in [9.17, 15) is 4.39 Å². The SMILES string of the molecule is C.O/N=C\c1c(F)cccc1Cl. The van der Waals surface area contributed by atoms with Crippen molar-refractivity contribution in [3.05, 3.63) is 34.6 Å². The molecular weight excluding hydrogens is 181 g/mol.